The molecule has 1 aromatic heterocycles. The van der Waals surface area contributed by atoms with Crippen molar-refractivity contribution in [1.82, 2.24) is 5.16 Å². The molecule has 0 aliphatic heterocycles. The number of nitrogens with zero attached hydrogens (tertiary/aromatic N) is 1. The summed E-state index contributed by atoms with van der Waals surface area (Å²) in [5, 5.41) is 4.57. The summed E-state index contributed by atoms with van der Waals surface area (Å²) in [4.78, 5) is 0. The van der Waals surface area contributed by atoms with Crippen LogP contribution in [0.3, 0.4) is 0 Å². The number of hydrogen-bond acceptors (Lipinski definition) is 3. The minimum atomic E-state index is 0.358. The van der Waals surface area contributed by atoms with Crippen molar-refractivity contribution in [3.63, 3.8) is 0 Å². The third-order valence-corrected chi connectivity index (χ3v) is 3.16. The van der Waals surface area contributed by atoms with Crippen molar-refractivity contribution in [2.24, 2.45) is 0 Å². The molecule has 0 amide bonds. The molecule has 0 atom stereocenters. The Morgan fingerprint density at radius 2 is 2.25 bits per heavy atom. The fourth-order valence-corrected chi connectivity index (χ4v) is 2.32. The number of halogens is 2. The summed E-state index contributed by atoms with van der Waals surface area (Å²) in [6.07, 6.45) is 0.761. The molecule has 5 heteroatoms. The largest absolute Gasteiger partial charge is 0.367 e. The van der Waals surface area contributed by atoms with E-state index in [-0.39, 0.29) is 0 Å². The van der Waals surface area contributed by atoms with Gasteiger partial charge in [0.25, 0.3) is 0 Å². The molecule has 2 N–H and O–H groups in total. The lowest BCUT2D eigenvalue weighted by molar-refractivity contribution is 0.438. The summed E-state index contributed by atoms with van der Waals surface area (Å²) in [7, 11) is 0. The first-order valence-electron chi connectivity index (χ1n) is 4.83. The molecule has 0 spiro atoms. The van der Waals surface area contributed by atoms with E-state index < -0.39 is 0 Å². The standard InChI is InChI=1S/C11H10BrClN2O/c1-2-7-10(15-16-11(7)14)8-4-3-6(12)5-9(8)13/h3-5H,2,14H2,1H3. The fraction of sp³-hybridized carbons (Fsp3) is 0.182. The molecule has 84 valence electrons. The first kappa shape index (κ1) is 11.5. The Balaban J connectivity index is 2.58. The summed E-state index contributed by atoms with van der Waals surface area (Å²) in [6, 6.07) is 5.62. The van der Waals surface area contributed by atoms with E-state index in [9.17, 15) is 0 Å². The molecule has 0 saturated carbocycles. The molecule has 2 rings (SSSR count). The quantitative estimate of drug-likeness (QED) is 0.915. The molecule has 0 unspecified atom stereocenters. The predicted molar refractivity (Wildman–Crippen MR) is 68.4 cm³/mol. The van der Waals surface area contributed by atoms with Crippen molar-refractivity contribution in [3.8, 4) is 11.3 Å². The van der Waals surface area contributed by atoms with Gasteiger partial charge in [-0.3, -0.25) is 0 Å². The normalized spacial score (nSPS) is 10.7. The topological polar surface area (TPSA) is 52.0 Å². The maximum atomic E-state index is 6.15. The van der Waals surface area contributed by atoms with Crippen LogP contribution in [0.25, 0.3) is 11.3 Å². The van der Waals surface area contributed by atoms with Crippen LogP contribution in [0.4, 0.5) is 5.88 Å². The van der Waals surface area contributed by atoms with Gasteiger partial charge in [0.1, 0.15) is 5.69 Å². The van der Waals surface area contributed by atoms with Crippen LogP contribution in [-0.4, -0.2) is 5.16 Å². The molecule has 0 bridgehead atoms. The smallest absolute Gasteiger partial charge is 0.225 e. The molecule has 0 saturated heterocycles. The van der Waals surface area contributed by atoms with Crippen LogP contribution in [0.15, 0.2) is 27.2 Å². The second kappa shape index (κ2) is 4.47. The van der Waals surface area contributed by atoms with Crippen LogP contribution >= 0.6 is 27.5 Å². The molecule has 2 aromatic rings. The highest BCUT2D eigenvalue weighted by molar-refractivity contribution is 9.10. The van der Waals surface area contributed by atoms with Gasteiger partial charge >= 0.3 is 0 Å². The van der Waals surface area contributed by atoms with Gasteiger partial charge in [0.05, 0.1) is 5.02 Å². The number of anilines is 1. The zero-order valence-corrected chi connectivity index (χ0v) is 11.0. The lowest BCUT2D eigenvalue weighted by Gasteiger charge is -2.02. The average Bonchev–Trinajstić information content (AvgIpc) is 2.59. The van der Waals surface area contributed by atoms with E-state index in [0.29, 0.717) is 10.9 Å². The Morgan fingerprint density at radius 1 is 1.50 bits per heavy atom. The molecule has 0 aliphatic rings. The van der Waals surface area contributed by atoms with Crippen molar-refractivity contribution in [1.29, 1.82) is 0 Å². The van der Waals surface area contributed by atoms with Gasteiger partial charge in [-0.25, -0.2) is 0 Å². The number of benzene rings is 1. The van der Waals surface area contributed by atoms with Crippen LogP contribution in [0.1, 0.15) is 12.5 Å². The molecule has 0 aliphatic carbocycles. The van der Waals surface area contributed by atoms with Crippen molar-refractivity contribution in [2.75, 3.05) is 5.73 Å². The maximum Gasteiger partial charge on any atom is 0.225 e. The molecular weight excluding hydrogens is 291 g/mol. The van der Waals surface area contributed by atoms with Gasteiger partial charge in [0.15, 0.2) is 0 Å². The first-order chi connectivity index (χ1) is 7.63. The maximum absolute atomic E-state index is 6.15. The second-order valence-electron chi connectivity index (χ2n) is 3.35. The van der Waals surface area contributed by atoms with E-state index >= 15 is 0 Å². The number of rotatable bonds is 2. The number of hydrogen-bond donors (Lipinski definition) is 1. The average molecular weight is 302 g/mol. The third-order valence-electron chi connectivity index (χ3n) is 2.36. The summed E-state index contributed by atoms with van der Waals surface area (Å²) in [5.41, 5.74) is 8.14. The van der Waals surface area contributed by atoms with E-state index in [2.05, 4.69) is 21.1 Å². The van der Waals surface area contributed by atoms with Crippen molar-refractivity contribution < 1.29 is 4.52 Å². The number of aromatic nitrogens is 1. The minimum absolute atomic E-state index is 0.358. The van der Waals surface area contributed by atoms with Gasteiger partial charge in [0.2, 0.25) is 5.88 Å². The van der Waals surface area contributed by atoms with Gasteiger partial charge in [-0.2, -0.15) is 0 Å². The lowest BCUT2D eigenvalue weighted by atomic mass is 10.1. The van der Waals surface area contributed by atoms with Crippen LogP contribution in [0.2, 0.25) is 5.02 Å². The minimum Gasteiger partial charge on any atom is -0.367 e. The molecule has 0 radical (unpaired) electrons. The summed E-state index contributed by atoms with van der Waals surface area (Å²) in [6.45, 7) is 2.00. The van der Waals surface area contributed by atoms with Crippen LogP contribution < -0.4 is 5.73 Å². The van der Waals surface area contributed by atoms with Crippen molar-refractivity contribution in [2.45, 2.75) is 13.3 Å². The lowest BCUT2D eigenvalue weighted by Crippen LogP contribution is -1.90. The number of nitrogens with two attached hydrogens (primary N) is 1. The first-order valence-corrected chi connectivity index (χ1v) is 6.00. The van der Waals surface area contributed by atoms with E-state index in [4.69, 9.17) is 21.9 Å². The van der Waals surface area contributed by atoms with Crippen molar-refractivity contribution >= 4 is 33.4 Å². The molecule has 1 aromatic carbocycles. The Hall–Kier alpha value is -1.00. The highest BCUT2D eigenvalue weighted by atomic mass is 79.9. The Kier molecular flexibility index (Phi) is 3.21. The fourth-order valence-electron chi connectivity index (χ4n) is 1.56. The molecule has 1 heterocycles. The summed E-state index contributed by atoms with van der Waals surface area (Å²) < 4.78 is 5.91. The van der Waals surface area contributed by atoms with Gasteiger partial charge in [-0.15, -0.1) is 0 Å². The predicted octanol–water partition coefficient (Wildman–Crippen LogP) is 3.90. The summed E-state index contributed by atoms with van der Waals surface area (Å²) in [5.74, 6) is 0.358. The second-order valence-corrected chi connectivity index (χ2v) is 4.67. The Bertz CT molecular complexity index is 525. The molecule has 0 fully saturated rings. The van der Waals surface area contributed by atoms with Crippen LogP contribution in [0.5, 0.6) is 0 Å². The van der Waals surface area contributed by atoms with E-state index in [1.165, 1.54) is 0 Å². The van der Waals surface area contributed by atoms with Crippen molar-refractivity contribution in [3.05, 3.63) is 33.3 Å². The van der Waals surface area contributed by atoms with E-state index in [1.807, 2.05) is 25.1 Å². The highest BCUT2D eigenvalue weighted by Gasteiger charge is 2.16. The zero-order valence-electron chi connectivity index (χ0n) is 8.63. The Morgan fingerprint density at radius 3 is 2.88 bits per heavy atom. The third kappa shape index (κ3) is 1.95. The summed E-state index contributed by atoms with van der Waals surface area (Å²) >= 11 is 9.51. The van der Waals surface area contributed by atoms with E-state index in [1.54, 1.807) is 0 Å². The SMILES string of the molecule is CCc1c(-c2ccc(Br)cc2Cl)noc1N. The Labute approximate surface area is 107 Å². The van der Waals surface area contributed by atoms with E-state index in [0.717, 1.165) is 27.7 Å². The molecule has 3 nitrogen and oxygen atoms in total. The monoisotopic (exact) mass is 300 g/mol. The molecular formula is C11H10BrClN2O. The van der Waals surface area contributed by atoms with Crippen LogP contribution in [-0.2, 0) is 6.42 Å². The zero-order chi connectivity index (χ0) is 11.7. The van der Waals surface area contributed by atoms with Gasteiger partial charge in [-0.1, -0.05) is 45.7 Å². The van der Waals surface area contributed by atoms with Crippen LogP contribution in [0, 0.1) is 0 Å². The highest BCUT2D eigenvalue weighted by Crippen LogP contribution is 2.34. The number of nitrogen functional groups attached to an aromatic ring is 1. The van der Waals surface area contributed by atoms with Gasteiger partial charge in [-0.05, 0) is 18.6 Å². The van der Waals surface area contributed by atoms with Gasteiger partial charge in [0, 0.05) is 15.6 Å². The molecule has 16 heavy (non-hydrogen) atoms. The van der Waals surface area contributed by atoms with Gasteiger partial charge < -0.3 is 10.3 Å².